The molecule has 0 aliphatic carbocycles. The lowest BCUT2D eigenvalue weighted by atomic mass is 10.1. The number of pyridine rings is 1. The quantitative estimate of drug-likeness (QED) is 0.492. The van der Waals surface area contributed by atoms with Gasteiger partial charge in [-0.1, -0.05) is 0 Å². The minimum Gasteiger partial charge on any atom is -0.497 e. The van der Waals surface area contributed by atoms with E-state index in [2.05, 4.69) is 15.4 Å². The zero-order valence-corrected chi connectivity index (χ0v) is 17.4. The number of ether oxygens (including phenoxy) is 2. The fourth-order valence-corrected chi connectivity index (χ4v) is 3.40. The number of benzene rings is 1. The predicted octanol–water partition coefficient (Wildman–Crippen LogP) is 3.58. The Morgan fingerprint density at radius 1 is 1.13 bits per heavy atom. The molecule has 9 nitrogen and oxygen atoms in total. The SMILES string of the molecule is COC(=O)c1cc(OC)ccc1NC(=O)c1cc(-c2ccco2)nc2c1c(C)nn2C. The third-order valence-corrected chi connectivity index (χ3v) is 4.87. The molecule has 0 fully saturated rings. The first-order valence-electron chi connectivity index (χ1n) is 9.39. The summed E-state index contributed by atoms with van der Waals surface area (Å²) in [4.78, 5) is 30.2. The van der Waals surface area contributed by atoms with E-state index in [-0.39, 0.29) is 5.56 Å². The van der Waals surface area contributed by atoms with Crippen LogP contribution in [-0.2, 0) is 11.8 Å². The van der Waals surface area contributed by atoms with Crippen molar-refractivity contribution in [2.45, 2.75) is 6.92 Å². The zero-order chi connectivity index (χ0) is 22.1. The highest BCUT2D eigenvalue weighted by molar-refractivity contribution is 6.14. The van der Waals surface area contributed by atoms with Gasteiger partial charge in [-0.3, -0.25) is 9.48 Å². The van der Waals surface area contributed by atoms with Crippen molar-refractivity contribution < 1.29 is 23.5 Å². The number of fused-ring (bicyclic) bond motifs is 1. The van der Waals surface area contributed by atoms with Crippen molar-refractivity contribution in [2.75, 3.05) is 19.5 Å². The van der Waals surface area contributed by atoms with Gasteiger partial charge in [-0.15, -0.1) is 0 Å². The van der Waals surface area contributed by atoms with E-state index >= 15 is 0 Å². The van der Waals surface area contributed by atoms with E-state index < -0.39 is 11.9 Å². The van der Waals surface area contributed by atoms with E-state index in [1.54, 1.807) is 49.0 Å². The number of rotatable bonds is 5. The van der Waals surface area contributed by atoms with Crippen molar-refractivity contribution in [3.63, 3.8) is 0 Å². The number of amides is 1. The minimum atomic E-state index is -0.595. The normalized spacial score (nSPS) is 10.8. The molecule has 0 spiro atoms. The summed E-state index contributed by atoms with van der Waals surface area (Å²) in [5.74, 6) is -0.0306. The van der Waals surface area contributed by atoms with E-state index in [0.717, 1.165) is 0 Å². The highest BCUT2D eigenvalue weighted by Gasteiger charge is 2.22. The molecule has 0 aliphatic heterocycles. The monoisotopic (exact) mass is 420 g/mol. The van der Waals surface area contributed by atoms with Crippen molar-refractivity contribution in [2.24, 2.45) is 7.05 Å². The molecule has 0 unspecified atom stereocenters. The maximum absolute atomic E-state index is 13.3. The third kappa shape index (κ3) is 3.61. The number of hydrogen-bond acceptors (Lipinski definition) is 7. The predicted molar refractivity (Wildman–Crippen MR) is 113 cm³/mol. The largest absolute Gasteiger partial charge is 0.497 e. The minimum absolute atomic E-state index is 0.176. The van der Waals surface area contributed by atoms with Crippen LogP contribution in [0.2, 0.25) is 0 Å². The van der Waals surface area contributed by atoms with Crippen molar-refractivity contribution in [1.29, 1.82) is 0 Å². The molecule has 0 bridgehead atoms. The third-order valence-electron chi connectivity index (χ3n) is 4.87. The second kappa shape index (κ2) is 7.94. The Morgan fingerprint density at radius 2 is 1.94 bits per heavy atom. The summed E-state index contributed by atoms with van der Waals surface area (Å²) < 4.78 is 17.1. The number of methoxy groups -OCH3 is 2. The van der Waals surface area contributed by atoms with Gasteiger partial charge in [-0.25, -0.2) is 9.78 Å². The second-order valence-electron chi connectivity index (χ2n) is 6.80. The smallest absolute Gasteiger partial charge is 0.340 e. The first kappa shape index (κ1) is 20.1. The van der Waals surface area contributed by atoms with Gasteiger partial charge in [-0.05, 0) is 43.3 Å². The van der Waals surface area contributed by atoms with Gasteiger partial charge < -0.3 is 19.2 Å². The van der Waals surface area contributed by atoms with Crippen LogP contribution in [0, 0.1) is 6.92 Å². The van der Waals surface area contributed by atoms with Crippen LogP contribution in [-0.4, -0.2) is 40.9 Å². The Bertz CT molecular complexity index is 1290. The van der Waals surface area contributed by atoms with E-state index in [0.29, 0.717) is 45.2 Å². The van der Waals surface area contributed by atoms with Gasteiger partial charge in [0.2, 0.25) is 0 Å². The average molecular weight is 420 g/mol. The average Bonchev–Trinajstić information content (AvgIpc) is 3.41. The lowest BCUT2D eigenvalue weighted by Crippen LogP contribution is -2.16. The number of nitrogens with one attached hydrogen (secondary N) is 1. The van der Waals surface area contributed by atoms with Gasteiger partial charge in [-0.2, -0.15) is 5.10 Å². The molecule has 0 aliphatic rings. The van der Waals surface area contributed by atoms with Crippen molar-refractivity contribution in [3.05, 3.63) is 59.5 Å². The number of aromatic nitrogens is 3. The Morgan fingerprint density at radius 3 is 2.61 bits per heavy atom. The number of carbonyl (C=O) groups excluding carboxylic acids is 2. The molecule has 0 saturated carbocycles. The van der Waals surface area contributed by atoms with Crippen LogP contribution in [0.4, 0.5) is 5.69 Å². The molecular formula is C22H20N4O5. The van der Waals surface area contributed by atoms with Crippen LogP contribution in [0.5, 0.6) is 5.75 Å². The first-order chi connectivity index (χ1) is 14.9. The molecule has 1 aromatic carbocycles. The standard InChI is InChI=1S/C22H20N4O5/c1-12-19-15(11-17(18-6-5-9-31-18)23-20(19)26(2)25-12)21(27)24-16-8-7-13(29-3)10-14(16)22(28)30-4/h5-11H,1-4H3,(H,24,27). The van der Waals surface area contributed by atoms with Crippen LogP contribution >= 0.6 is 0 Å². The molecule has 4 rings (SSSR count). The molecule has 0 saturated heterocycles. The summed E-state index contributed by atoms with van der Waals surface area (Å²) >= 11 is 0. The van der Waals surface area contributed by atoms with Gasteiger partial charge in [0, 0.05) is 7.05 Å². The highest BCUT2D eigenvalue weighted by Crippen LogP contribution is 2.29. The Hall–Kier alpha value is -4.14. The molecule has 158 valence electrons. The van der Waals surface area contributed by atoms with Crippen LogP contribution in [0.15, 0.2) is 47.1 Å². The van der Waals surface area contributed by atoms with E-state index in [9.17, 15) is 9.59 Å². The molecule has 1 N–H and O–H groups in total. The number of anilines is 1. The highest BCUT2D eigenvalue weighted by atomic mass is 16.5. The number of esters is 1. The summed E-state index contributed by atoms with van der Waals surface area (Å²) in [6, 6.07) is 9.89. The fraction of sp³-hybridized carbons (Fsp3) is 0.182. The lowest BCUT2D eigenvalue weighted by Gasteiger charge is -2.12. The molecule has 9 heteroatoms. The topological polar surface area (TPSA) is 108 Å². The number of aryl methyl sites for hydroxylation is 2. The molecule has 0 radical (unpaired) electrons. The summed E-state index contributed by atoms with van der Waals surface area (Å²) in [6.07, 6.45) is 1.54. The number of hydrogen-bond donors (Lipinski definition) is 1. The van der Waals surface area contributed by atoms with Crippen LogP contribution in [0.25, 0.3) is 22.5 Å². The van der Waals surface area contributed by atoms with Gasteiger partial charge in [0.25, 0.3) is 5.91 Å². The van der Waals surface area contributed by atoms with Crippen molar-refractivity contribution >= 4 is 28.6 Å². The van der Waals surface area contributed by atoms with E-state index in [4.69, 9.17) is 13.9 Å². The Balaban J connectivity index is 1.82. The summed E-state index contributed by atoms with van der Waals surface area (Å²) in [6.45, 7) is 1.81. The van der Waals surface area contributed by atoms with E-state index in [1.165, 1.54) is 26.5 Å². The van der Waals surface area contributed by atoms with Crippen molar-refractivity contribution in [3.8, 4) is 17.2 Å². The molecule has 3 heterocycles. The number of nitrogens with zero attached hydrogens (tertiary/aromatic N) is 3. The number of furan rings is 1. The van der Waals surface area contributed by atoms with Crippen LogP contribution < -0.4 is 10.1 Å². The summed E-state index contributed by atoms with van der Waals surface area (Å²) in [5.41, 5.74) is 2.52. The fourth-order valence-electron chi connectivity index (χ4n) is 3.40. The molecule has 0 atom stereocenters. The van der Waals surface area contributed by atoms with Gasteiger partial charge in [0.15, 0.2) is 11.4 Å². The van der Waals surface area contributed by atoms with Crippen LogP contribution in [0.3, 0.4) is 0 Å². The maximum Gasteiger partial charge on any atom is 0.340 e. The van der Waals surface area contributed by atoms with Gasteiger partial charge in [0.05, 0.1) is 48.4 Å². The molecule has 1 amide bonds. The summed E-state index contributed by atoms with van der Waals surface area (Å²) in [7, 11) is 4.52. The zero-order valence-electron chi connectivity index (χ0n) is 17.4. The van der Waals surface area contributed by atoms with Gasteiger partial charge >= 0.3 is 5.97 Å². The Kier molecular flexibility index (Phi) is 5.16. The first-order valence-corrected chi connectivity index (χ1v) is 9.39. The molecular weight excluding hydrogens is 400 g/mol. The van der Waals surface area contributed by atoms with Crippen LogP contribution in [0.1, 0.15) is 26.4 Å². The summed E-state index contributed by atoms with van der Waals surface area (Å²) in [5, 5.41) is 7.82. The lowest BCUT2D eigenvalue weighted by molar-refractivity contribution is 0.0601. The Labute approximate surface area is 177 Å². The van der Waals surface area contributed by atoms with E-state index in [1.807, 2.05) is 0 Å². The molecule has 4 aromatic rings. The van der Waals surface area contributed by atoms with Crippen molar-refractivity contribution in [1.82, 2.24) is 14.8 Å². The number of carbonyl (C=O) groups is 2. The maximum atomic E-state index is 13.3. The molecule has 3 aromatic heterocycles. The molecule has 31 heavy (non-hydrogen) atoms. The second-order valence-corrected chi connectivity index (χ2v) is 6.80. The van der Waals surface area contributed by atoms with Gasteiger partial charge in [0.1, 0.15) is 11.4 Å².